The molecule has 1 saturated carbocycles. The van der Waals surface area contributed by atoms with Crippen LogP contribution in [-0.4, -0.2) is 38.7 Å². The number of piperidine rings is 1. The van der Waals surface area contributed by atoms with Crippen LogP contribution < -0.4 is 0 Å². The second kappa shape index (κ2) is 5.26. The Morgan fingerprint density at radius 1 is 1.33 bits per heavy atom. The number of nitrogens with zero attached hydrogens (tertiary/aromatic N) is 4. The number of hydrogen-bond acceptors (Lipinski definition) is 4. The molecule has 5 nitrogen and oxygen atoms in total. The molecule has 2 aromatic rings. The van der Waals surface area contributed by atoms with Crippen molar-refractivity contribution in [3.63, 3.8) is 0 Å². The first-order valence-electron chi connectivity index (χ1n) is 7.55. The maximum atomic E-state index is 12.6. The molecular formula is C15H18N4OS. The topological polar surface area (TPSA) is 51.0 Å². The quantitative estimate of drug-likeness (QED) is 0.876. The van der Waals surface area contributed by atoms with E-state index in [1.54, 1.807) is 17.5 Å². The van der Waals surface area contributed by atoms with Crippen LogP contribution in [-0.2, 0) is 0 Å². The van der Waals surface area contributed by atoms with E-state index < -0.39 is 0 Å². The molecule has 110 valence electrons. The largest absolute Gasteiger partial charge is 0.335 e. The predicted octanol–water partition coefficient (Wildman–Crippen LogP) is 2.69. The highest BCUT2D eigenvalue weighted by Gasteiger charge is 2.30. The van der Waals surface area contributed by atoms with Crippen LogP contribution in [0.1, 0.15) is 53.1 Å². The van der Waals surface area contributed by atoms with Gasteiger partial charge < -0.3 is 4.90 Å². The average molecular weight is 302 g/mol. The van der Waals surface area contributed by atoms with Crippen LogP contribution in [0.2, 0.25) is 0 Å². The molecule has 1 saturated heterocycles. The summed E-state index contributed by atoms with van der Waals surface area (Å²) in [5.74, 6) is 0.699. The lowest BCUT2D eigenvalue weighted by atomic mass is 10.1. The maximum absolute atomic E-state index is 12.6. The van der Waals surface area contributed by atoms with E-state index >= 15 is 0 Å². The van der Waals surface area contributed by atoms with E-state index in [2.05, 4.69) is 10.1 Å². The molecule has 3 heterocycles. The van der Waals surface area contributed by atoms with E-state index in [-0.39, 0.29) is 5.91 Å². The number of carbonyl (C=O) groups is 1. The molecule has 1 amide bonds. The minimum atomic E-state index is 0.0787. The summed E-state index contributed by atoms with van der Waals surface area (Å²) in [5, 5.41) is 7.37. The summed E-state index contributed by atoms with van der Waals surface area (Å²) in [6.07, 6.45) is 8.33. The van der Waals surface area contributed by atoms with Crippen molar-refractivity contribution >= 4 is 17.2 Å². The lowest BCUT2D eigenvalue weighted by Crippen LogP contribution is -2.41. The smallest absolute Gasteiger partial charge is 0.273 e. The zero-order chi connectivity index (χ0) is 14.2. The van der Waals surface area contributed by atoms with E-state index in [1.807, 2.05) is 27.2 Å². The molecule has 6 heteroatoms. The summed E-state index contributed by atoms with van der Waals surface area (Å²) in [6.45, 7) is 1.56. The van der Waals surface area contributed by atoms with Crippen LogP contribution in [0.5, 0.6) is 0 Å². The summed E-state index contributed by atoms with van der Waals surface area (Å²) in [6, 6.07) is 2.22. The van der Waals surface area contributed by atoms with Crippen molar-refractivity contribution < 1.29 is 4.79 Å². The second-order valence-corrected chi connectivity index (χ2v) is 6.77. The number of amides is 1. The van der Waals surface area contributed by atoms with Crippen LogP contribution >= 0.6 is 11.3 Å². The van der Waals surface area contributed by atoms with Crippen molar-refractivity contribution in [3.8, 4) is 0 Å². The van der Waals surface area contributed by atoms with E-state index in [4.69, 9.17) is 0 Å². The second-order valence-electron chi connectivity index (χ2n) is 5.88. The van der Waals surface area contributed by atoms with E-state index in [1.165, 1.54) is 12.8 Å². The fourth-order valence-corrected chi connectivity index (χ4v) is 3.88. The van der Waals surface area contributed by atoms with Gasteiger partial charge in [-0.3, -0.25) is 9.48 Å². The van der Waals surface area contributed by atoms with Crippen LogP contribution in [0.4, 0.5) is 0 Å². The van der Waals surface area contributed by atoms with Crippen LogP contribution in [0.25, 0.3) is 0 Å². The highest BCUT2D eigenvalue weighted by atomic mass is 32.1. The first kappa shape index (κ1) is 13.0. The third-order valence-electron chi connectivity index (χ3n) is 4.25. The Hall–Kier alpha value is -1.69. The molecule has 2 aromatic heterocycles. The number of aromatic nitrogens is 3. The Morgan fingerprint density at radius 2 is 2.24 bits per heavy atom. The third-order valence-corrected chi connectivity index (χ3v) is 5.26. The predicted molar refractivity (Wildman–Crippen MR) is 80.5 cm³/mol. The number of likely N-dealkylation sites (tertiary alicyclic amines) is 1. The molecule has 0 N–H and O–H groups in total. The monoisotopic (exact) mass is 302 g/mol. The Labute approximate surface area is 127 Å². The summed E-state index contributed by atoms with van der Waals surface area (Å²) >= 11 is 1.63. The molecule has 0 aromatic carbocycles. The zero-order valence-corrected chi connectivity index (χ0v) is 12.6. The molecule has 0 radical (unpaired) electrons. The van der Waals surface area contributed by atoms with Crippen LogP contribution in [0.15, 0.2) is 23.8 Å². The van der Waals surface area contributed by atoms with Crippen LogP contribution in [0, 0.1) is 0 Å². The third kappa shape index (κ3) is 2.60. The lowest BCUT2D eigenvalue weighted by molar-refractivity contribution is 0.0667. The normalized spacial score (nSPS) is 22.5. The SMILES string of the molecule is O=C(c1csc(C2CC2)n1)N1CCCC(n2cccn2)C1. The average Bonchev–Trinajstić information content (AvgIpc) is 3.05. The molecule has 0 spiro atoms. The van der Waals surface area contributed by atoms with Crippen molar-refractivity contribution in [2.24, 2.45) is 0 Å². The highest BCUT2D eigenvalue weighted by molar-refractivity contribution is 7.10. The molecule has 2 aliphatic rings. The molecule has 1 atom stereocenters. The zero-order valence-electron chi connectivity index (χ0n) is 11.8. The first-order valence-corrected chi connectivity index (χ1v) is 8.43. The van der Waals surface area contributed by atoms with Gasteiger partial charge in [0.15, 0.2) is 0 Å². The van der Waals surface area contributed by atoms with E-state index in [9.17, 15) is 4.79 Å². The van der Waals surface area contributed by atoms with Gasteiger partial charge in [-0.05, 0) is 31.7 Å². The Balaban J connectivity index is 1.47. The minimum absolute atomic E-state index is 0.0787. The van der Waals surface area contributed by atoms with Gasteiger partial charge in [0.25, 0.3) is 5.91 Å². The summed E-state index contributed by atoms with van der Waals surface area (Å²) < 4.78 is 1.97. The summed E-state index contributed by atoms with van der Waals surface area (Å²) in [7, 11) is 0. The highest BCUT2D eigenvalue weighted by Crippen LogP contribution is 2.41. The molecule has 1 aliphatic carbocycles. The van der Waals surface area contributed by atoms with Gasteiger partial charge in [-0.2, -0.15) is 5.10 Å². The fraction of sp³-hybridized carbons (Fsp3) is 0.533. The Bertz CT molecular complexity index is 632. The fourth-order valence-electron chi connectivity index (χ4n) is 2.92. The number of hydrogen-bond donors (Lipinski definition) is 0. The number of thiazole rings is 1. The van der Waals surface area contributed by atoms with Gasteiger partial charge in [0.1, 0.15) is 5.69 Å². The van der Waals surface area contributed by atoms with Crippen LogP contribution in [0.3, 0.4) is 0 Å². The molecule has 1 unspecified atom stereocenters. The molecule has 4 rings (SSSR count). The minimum Gasteiger partial charge on any atom is -0.335 e. The molecular weight excluding hydrogens is 284 g/mol. The Morgan fingerprint density at radius 3 is 3.00 bits per heavy atom. The first-order chi connectivity index (χ1) is 10.3. The van der Waals surface area contributed by atoms with Gasteiger partial charge in [-0.15, -0.1) is 11.3 Å². The molecule has 0 bridgehead atoms. The number of rotatable bonds is 3. The van der Waals surface area contributed by atoms with Crippen molar-refractivity contribution in [1.29, 1.82) is 0 Å². The lowest BCUT2D eigenvalue weighted by Gasteiger charge is -2.32. The van der Waals surface area contributed by atoms with Crippen molar-refractivity contribution in [1.82, 2.24) is 19.7 Å². The van der Waals surface area contributed by atoms with Crippen molar-refractivity contribution in [2.45, 2.75) is 37.6 Å². The van der Waals surface area contributed by atoms with Crippen molar-refractivity contribution in [3.05, 3.63) is 34.5 Å². The van der Waals surface area contributed by atoms with Gasteiger partial charge in [0.2, 0.25) is 0 Å². The standard InChI is InChI=1S/C15H18N4OS/c20-15(13-10-21-14(17-13)11-4-5-11)18-7-1-3-12(9-18)19-8-2-6-16-19/h2,6,8,10-12H,1,3-5,7,9H2. The van der Waals surface area contributed by atoms with Gasteiger partial charge in [-0.1, -0.05) is 0 Å². The molecule has 2 fully saturated rings. The van der Waals surface area contributed by atoms with Gasteiger partial charge >= 0.3 is 0 Å². The maximum Gasteiger partial charge on any atom is 0.273 e. The Kier molecular flexibility index (Phi) is 3.25. The molecule has 1 aliphatic heterocycles. The van der Waals surface area contributed by atoms with Gasteiger partial charge in [0.05, 0.1) is 11.0 Å². The van der Waals surface area contributed by atoms with Gasteiger partial charge in [0, 0.05) is 36.8 Å². The van der Waals surface area contributed by atoms with E-state index in [0.29, 0.717) is 17.7 Å². The van der Waals surface area contributed by atoms with E-state index in [0.717, 1.165) is 30.9 Å². The summed E-state index contributed by atoms with van der Waals surface area (Å²) in [4.78, 5) is 19.1. The van der Waals surface area contributed by atoms with Crippen molar-refractivity contribution in [2.75, 3.05) is 13.1 Å². The molecule has 21 heavy (non-hydrogen) atoms. The summed E-state index contributed by atoms with van der Waals surface area (Å²) in [5.41, 5.74) is 0.628. The van der Waals surface area contributed by atoms with Gasteiger partial charge in [-0.25, -0.2) is 4.98 Å². The number of carbonyl (C=O) groups excluding carboxylic acids is 1.